The van der Waals surface area contributed by atoms with Crippen molar-refractivity contribution < 1.29 is 4.74 Å². The average molecular weight is 291 g/mol. The van der Waals surface area contributed by atoms with Gasteiger partial charge in [0.25, 0.3) is 0 Å². The van der Waals surface area contributed by atoms with Gasteiger partial charge in [0.1, 0.15) is 12.4 Å². The molecule has 0 aliphatic carbocycles. The van der Waals surface area contributed by atoms with Gasteiger partial charge in [-0.3, -0.25) is 0 Å². The fourth-order valence-electron chi connectivity index (χ4n) is 1.81. The molecule has 0 heterocycles. The minimum absolute atomic E-state index is 0.602. The molecule has 0 atom stereocenters. The Bertz CT molecular complexity index is 500. The van der Waals surface area contributed by atoms with Crippen LogP contribution in [0.2, 0.25) is 0 Å². The van der Waals surface area contributed by atoms with Gasteiger partial charge in [-0.05, 0) is 42.7 Å². The van der Waals surface area contributed by atoms with Crippen LogP contribution in [0.25, 0.3) is 0 Å². The Labute approximate surface area is 111 Å². The van der Waals surface area contributed by atoms with E-state index in [2.05, 4.69) is 60.1 Å². The number of hydrogen-bond acceptors (Lipinski definition) is 1. The summed E-state index contributed by atoms with van der Waals surface area (Å²) in [5, 5.41) is 0. The van der Waals surface area contributed by atoms with Crippen LogP contribution in [0.5, 0.6) is 5.75 Å². The molecule has 88 valence electrons. The molecule has 0 fully saturated rings. The van der Waals surface area contributed by atoms with E-state index < -0.39 is 0 Å². The second kappa shape index (κ2) is 5.37. The van der Waals surface area contributed by atoms with Crippen LogP contribution in [-0.4, -0.2) is 0 Å². The predicted octanol–water partition coefficient (Wildman–Crippen LogP) is 4.64. The Morgan fingerprint density at radius 3 is 2.29 bits per heavy atom. The number of para-hydroxylation sites is 1. The van der Waals surface area contributed by atoms with Crippen molar-refractivity contribution >= 4 is 15.9 Å². The van der Waals surface area contributed by atoms with Crippen molar-refractivity contribution in [3.05, 3.63) is 63.6 Å². The van der Waals surface area contributed by atoms with E-state index in [0.717, 1.165) is 10.2 Å². The summed E-state index contributed by atoms with van der Waals surface area (Å²) in [6.45, 7) is 4.75. The third-order valence-corrected chi connectivity index (χ3v) is 3.17. The van der Waals surface area contributed by atoms with Gasteiger partial charge in [0.15, 0.2) is 0 Å². The molecule has 0 N–H and O–H groups in total. The molecule has 0 saturated carbocycles. The van der Waals surface area contributed by atoms with Crippen LogP contribution < -0.4 is 4.74 Å². The maximum Gasteiger partial charge on any atom is 0.125 e. The van der Waals surface area contributed by atoms with Crippen LogP contribution in [0.15, 0.2) is 46.9 Å². The molecular weight excluding hydrogens is 276 g/mol. The fourth-order valence-corrected chi connectivity index (χ4v) is 2.26. The molecule has 2 heteroatoms. The van der Waals surface area contributed by atoms with Crippen LogP contribution in [-0.2, 0) is 6.61 Å². The molecule has 0 aromatic heterocycles. The highest BCUT2D eigenvalue weighted by molar-refractivity contribution is 9.10. The van der Waals surface area contributed by atoms with E-state index in [9.17, 15) is 0 Å². The number of ether oxygens (including phenoxy) is 1. The maximum atomic E-state index is 5.89. The van der Waals surface area contributed by atoms with Crippen LogP contribution in [0.1, 0.15) is 16.7 Å². The van der Waals surface area contributed by atoms with E-state index in [1.165, 1.54) is 16.7 Å². The Morgan fingerprint density at radius 1 is 1.00 bits per heavy atom. The molecule has 2 aromatic carbocycles. The van der Waals surface area contributed by atoms with Gasteiger partial charge in [-0.1, -0.05) is 46.3 Å². The molecule has 2 aromatic rings. The second-order valence-electron chi connectivity index (χ2n) is 4.14. The van der Waals surface area contributed by atoms with Gasteiger partial charge < -0.3 is 4.74 Å². The smallest absolute Gasteiger partial charge is 0.125 e. The first-order valence-corrected chi connectivity index (χ1v) is 6.39. The van der Waals surface area contributed by atoms with E-state index in [4.69, 9.17) is 4.74 Å². The molecule has 0 bridgehead atoms. The maximum absolute atomic E-state index is 5.89. The highest BCUT2D eigenvalue weighted by Gasteiger charge is 2.03. The molecule has 2 rings (SSSR count). The van der Waals surface area contributed by atoms with Crippen LogP contribution in [0.4, 0.5) is 0 Å². The van der Waals surface area contributed by atoms with Gasteiger partial charge in [-0.25, -0.2) is 0 Å². The zero-order valence-corrected chi connectivity index (χ0v) is 11.6. The molecule has 0 aliphatic heterocycles. The fraction of sp³-hybridized carbons (Fsp3) is 0.200. The van der Waals surface area contributed by atoms with Crippen LogP contribution in [0.3, 0.4) is 0 Å². The Balaban J connectivity index is 2.13. The lowest BCUT2D eigenvalue weighted by Crippen LogP contribution is -1.98. The zero-order valence-electron chi connectivity index (χ0n) is 10.0. The summed E-state index contributed by atoms with van der Waals surface area (Å²) >= 11 is 3.46. The number of benzene rings is 2. The molecule has 0 aliphatic rings. The quantitative estimate of drug-likeness (QED) is 0.800. The number of rotatable bonds is 3. The number of halogens is 1. The molecule has 0 saturated heterocycles. The van der Waals surface area contributed by atoms with Gasteiger partial charge in [0.05, 0.1) is 0 Å². The Morgan fingerprint density at radius 2 is 1.65 bits per heavy atom. The average Bonchev–Trinajstić information content (AvgIpc) is 2.28. The van der Waals surface area contributed by atoms with E-state index >= 15 is 0 Å². The summed E-state index contributed by atoms with van der Waals surface area (Å²) in [5.74, 6) is 0.993. The first kappa shape index (κ1) is 12.2. The lowest BCUT2D eigenvalue weighted by atomic mass is 10.1. The topological polar surface area (TPSA) is 9.23 Å². The molecule has 0 amide bonds. The SMILES string of the molecule is Cc1cccc(C)c1OCc1cccc(Br)c1. The van der Waals surface area contributed by atoms with Crippen molar-refractivity contribution in [3.63, 3.8) is 0 Å². The van der Waals surface area contributed by atoms with E-state index in [1.54, 1.807) is 0 Å². The van der Waals surface area contributed by atoms with Crippen molar-refractivity contribution in [1.29, 1.82) is 0 Å². The van der Waals surface area contributed by atoms with Crippen molar-refractivity contribution in [3.8, 4) is 5.75 Å². The summed E-state index contributed by atoms with van der Waals surface area (Å²) in [6.07, 6.45) is 0. The van der Waals surface area contributed by atoms with Crippen LogP contribution >= 0.6 is 15.9 Å². The third-order valence-electron chi connectivity index (χ3n) is 2.68. The van der Waals surface area contributed by atoms with Gasteiger partial charge in [-0.15, -0.1) is 0 Å². The molecule has 17 heavy (non-hydrogen) atoms. The van der Waals surface area contributed by atoms with Gasteiger partial charge in [0.2, 0.25) is 0 Å². The van der Waals surface area contributed by atoms with Gasteiger partial charge >= 0.3 is 0 Å². The van der Waals surface area contributed by atoms with Crippen molar-refractivity contribution in [2.45, 2.75) is 20.5 Å². The summed E-state index contributed by atoms with van der Waals surface area (Å²) in [5.41, 5.74) is 3.53. The summed E-state index contributed by atoms with van der Waals surface area (Å²) in [4.78, 5) is 0. The minimum Gasteiger partial charge on any atom is -0.488 e. The van der Waals surface area contributed by atoms with Gasteiger partial charge in [-0.2, -0.15) is 0 Å². The second-order valence-corrected chi connectivity index (χ2v) is 5.06. The van der Waals surface area contributed by atoms with Gasteiger partial charge in [0, 0.05) is 4.47 Å². The standard InChI is InChI=1S/C15H15BrO/c1-11-5-3-6-12(2)15(11)17-10-13-7-4-8-14(16)9-13/h3-9H,10H2,1-2H3. The highest BCUT2D eigenvalue weighted by Crippen LogP contribution is 2.23. The van der Waals surface area contributed by atoms with Crippen molar-refractivity contribution in [1.82, 2.24) is 0 Å². The van der Waals surface area contributed by atoms with Crippen LogP contribution in [0, 0.1) is 13.8 Å². The first-order chi connectivity index (χ1) is 8.16. The Hall–Kier alpha value is -1.28. The molecule has 0 unspecified atom stereocenters. The lowest BCUT2D eigenvalue weighted by molar-refractivity contribution is 0.302. The zero-order chi connectivity index (χ0) is 12.3. The molecule has 0 spiro atoms. The highest BCUT2D eigenvalue weighted by atomic mass is 79.9. The van der Waals surface area contributed by atoms with E-state index in [-0.39, 0.29) is 0 Å². The number of aryl methyl sites for hydroxylation is 2. The lowest BCUT2D eigenvalue weighted by Gasteiger charge is -2.12. The summed E-state index contributed by atoms with van der Waals surface area (Å²) in [7, 11) is 0. The summed E-state index contributed by atoms with van der Waals surface area (Å²) in [6, 6.07) is 14.4. The van der Waals surface area contributed by atoms with E-state index in [0.29, 0.717) is 6.61 Å². The molecular formula is C15H15BrO. The molecule has 0 radical (unpaired) electrons. The number of hydrogen-bond donors (Lipinski definition) is 0. The Kier molecular flexibility index (Phi) is 3.85. The predicted molar refractivity (Wildman–Crippen MR) is 74.4 cm³/mol. The normalized spacial score (nSPS) is 10.3. The molecule has 1 nitrogen and oxygen atoms in total. The first-order valence-electron chi connectivity index (χ1n) is 5.60. The largest absolute Gasteiger partial charge is 0.488 e. The van der Waals surface area contributed by atoms with Crippen molar-refractivity contribution in [2.75, 3.05) is 0 Å². The summed E-state index contributed by atoms with van der Waals surface area (Å²) < 4.78 is 6.97. The monoisotopic (exact) mass is 290 g/mol. The third kappa shape index (κ3) is 3.10. The minimum atomic E-state index is 0.602. The van der Waals surface area contributed by atoms with E-state index in [1.807, 2.05) is 12.1 Å². The van der Waals surface area contributed by atoms with Crippen molar-refractivity contribution in [2.24, 2.45) is 0 Å².